The number of carboxylic acid groups (broad SMARTS) is 1. The third-order valence-corrected chi connectivity index (χ3v) is 4.25. The molecule has 34 heavy (non-hydrogen) atoms. The van der Waals surface area contributed by atoms with E-state index in [1.807, 2.05) is 0 Å². The van der Waals surface area contributed by atoms with Gasteiger partial charge in [0.15, 0.2) is 23.9 Å². The molecule has 0 bridgehead atoms. The Labute approximate surface area is 192 Å². The van der Waals surface area contributed by atoms with Crippen molar-refractivity contribution in [1.82, 2.24) is 5.43 Å². The van der Waals surface area contributed by atoms with Crippen LogP contribution < -0.4 is 19.6 Å². The van der Waals surface area contributed by atoms with Crippen LogP contribution in [0.15, 0.2) is 64.1 Å². The largest absolute Gasteiger partial charge is 0.493 e. The van der Waals surface area contributed by atoms with Crippen molar-refractivity contribution in [2.45, 2.75) is 6.61 Å². The molecule has 0 aliphatic carbocycles. The van der Waals surface area contributed by atoms with Gasteiger partial charge in [-0.05, 0) is 42.0 Å². The van der Waals surface area contributed by atoms with Gasteiger partial charge in [-0.2, -0.15) is 5.10 Å². The summed E-state index contributed by atoms with van der Waals surface area (Å²) in [4.78, 5) is 33.2. The van der Waals surface area contributed by atoms with Crippen molar-refractivity contribution >= 4 is 23.8 Å². The van der Waals surface area contributed by atoms with Crippen LogP contribution >= 0.6 is 0 Å². The summed E-state index contributed by atoms with van der Waals surface area (Å²) in [6.07, 6.45) is 1.36. The topological polar surface area (TPSA) is 163 Å². The van der Waals surface area contributed by atoms with E-state index in [-0.39, 0.29) is 23.8 Å². The number of rotatable bonds is 11. The van der Waals surface area contributed by atoms with Crippen molar-refractivity contribution in [2.75, 3.05) is 13.7 Å². The average molecular weight is 469 g/mol. The molecule has 0 aliphatic rings. The maximum atomic E-state index is 11.9. The lowest BCUT2D eigenvalue weighted by atomic mass is 10.2. The highest BCUT2D eigenvalue weighted by Crippen LogP contribution is 2.29. The van der Waals surface area contributed by atoms with Crippen LogP contribution in [0.5, 0.6) is 17.2 Å². The molecule has 2 N–H and O–H groups in total. The number of carbonyl (C=O) groups excluding carboxylic acids is 1. The highest BCUT2D eigenvalue weighted by Gasteiger charge is 2.15. The lowest BCUT2D eigenvalue weighted by molar-refractivity contribution is -0.385. The van der Waals surface area contributed by atoms with Crippen molar-refractivity contribution in [3.63, 3.8) is 0 Å². The predicted octanol–water partition coefficient (Wildman–Crippen LogP) is 3.00. The summed E-state index contributed by atoms with van der Waals surface area (Å²) in [6, 6.07) is 13.4. The number of aromatic carboxylic acids is 1. The van der Waals surface area contributed by atoms with E-state index >= 15 is 0 Å². The Hall–Kier alpha value is -4.87. The van der Waals surface area contributed by atoms with Gasteiger partial charge in [0.05, 0.1) is 18.2 Å². The molecule has 0 unspecified atom stereocenters. The molecule has 0 fully saturated rings. The van der Waals surface area contributed by atoms with Gasteiger partial charge in [-0.25, -0.2) is 10.2 Å². The molecule has 1 heterocycles. The summed E-state index contributed by atoms with van der Waals surface area (Å²) >= 11 is 0. The number of carboxylic acids is 1. The molecule has 1 aromatic heterocycles. The van der Waals surface area contributed by atoms with Crippen molar-refractivity contribution in [3.05, 3.63) is 81.8 Å². The second-order valence-electron chi connectivity index (χ2n) is 6.58. The maximum Gasteiger partial charge on any atom is 0.371 e. The number of nitrogens with one attached hydrogen (secondary N) is 1. The standard InChI is InChI=1S/C22H19N3O9/c1-31-20-10-14(6-8-18(20)32-12-15-7-9-19(34-15)22(27)28)11-23-24-21(26)13-33-17-5-3-2-4-16(17)25(29)30/h2-11H,12-13H2,1H3,(H,24,26)(H,27,28)/b23-11+. The van der Waals surface area contributed by atoms with E-state index in [0.717, 1.165) is 0 Å². The van der Waals surface area contributed by atoms with Gasteiger partial charge in [0.25, 0.3) is 5.91 Å². The second-order valence-corrected chi connectivity index (χ2v) is 6.58. The third kappa shape index (κ3) is 6.32. The first-order valence-corrected chi connectivity index (χ1v) is 9.68. The van der Waals surface area contributed by atoms with E-state index in [0.29, 0.717) is 22.8 Å². The van der Waals surface area contributed by atoms with E-state index in [1.54, 1.807) is 24.3 Å². The molecule has 2 aromatic carbocycles. The number of amides is 1. The maximum absolute atomic E-state index is 11.9. The Morgan fingerprint density at radius 3 is 2.62 bits per heavy atom. The minimum atomic E-state index is -1.17. The minimum absolute atomic E-state index is 0.00723. The van der Waals surface area contributed by atoms with Crippen LogP contribution in [0.1, 0.15) is 21.9 Å². The zero-order valence-corrected chi connectivity index (χ0v) is 17.8. The van der Waals surface area contributed by atoms with Crippen LogP contribution in [-0.4, -0.2) is 41.8 Å². The normalized spacial score (nSPS) is 10.6. The van der Waals surface area contributed by atoms with Crippen LogP contribution in [0.2, 0.25) is 0 Å². The number of methoxy groups -OCH3 is 1. The van der Waals surface area contributed by atoms with Gasteiger partial charge in [-0.3, -0.25) is 14.9 Å². The number of hydrazone groups is 1. The Kier molecular flexibility index (Phi) is 7.79. The number of ether oxygens (including phenoxy) is 3. The molecule has 3 rings (SSSR count). The predicted molar refractivity (Wildman–Crippen MR) is 117 cm³/mol. The Morgan fingerprint density at radius 2 is 1.91 bits per heavy atom. The van der Waals surface area contributed by atoms with Gasteiger partial charge in [-0.1, -0.05) is 12.1 Å². The van der Waals surface area contributed by atoms with Crippen molar-refractivity contribution in [3.8, 4) is 17.2 Å². The Balaban J connectivity index is 1.53. The van der Waals surface area contributed by atoms with Gasteiger partial charge in [0.1, 0.15) is 12.4 Å². The molecule has 0 spiro atoms. The second kappa shape index (κ2) is 11.1. The molecular weight excluding hydrogens is 450 g/mol. The summed E-state index contributed by atoms with van der Waals surface area (Å²) in [5, 5.41) is 23.7. The molecule has 0 saturated heterocycles. The number of nitro groups is 1. The number of nitro benzene ring substituents is 1. The SMILES string of the molecule is COc1cc(/C=N/NC(=O)COc2ccccc2[N+](=O)[O-])ccc1OCc1ccc(C(=O)O)o1. The molecule has 3 aromatic rings. The van der Waals surface area contributed by atoms with Gasteiger partial charge < -0.3 is 23.7 Å². The molecule has 0 saturated carbocycles. The lowest BCUT2D eigenvalue weighted by Gasteiger charge is -2.10. The fourth-order valence-corrected chi connectivity index (χ4v) is 2.69. The third-order valence-electron chi connectivity index (χ3n) is 4.25. The van der Waals surface area contributed by atoms with E-state index in [9.17, 15) is 19.7 Å². The van der Waals surface area contributed by atoms with Crippen LogP contribution in [-0.2, 0) is 11.4 Å². The summed E-state index contributed by atoms with van der Waals surface area (Å²) in [5.74, 6) is -0.911. The quantitative estimate of drug-likeness (QED) is 0.244. The Morgan fingerprint density at radius 1 is 1.12 bits per heavy atom. The molecule has 0 radical (unpaired) electrons. The molecule has 176 valence electrons. The first-order chi connectivity index (χ1) is 16.4. The summed E-state index contributed by atoms with van der Waals surface area (Å²) in [6.45, 7) is -0.471. The number of para-hydroxylation sites is 2. The minimum Gasteiger partial charge on any atom is -0.493 e. The molecule has 0 aliphatic heterocycles. The smallest absolute Gasteiger partial charge is 0.371 e. The molecule has 1 amide bonds. The number of hydrogen-bond donors (Lipinski definition) is 2. The summed E-state index contributed by atoms with van der Waals surface area (Å²) in [7, 11) is 1.44. The average Bonchev–Trinajstić information content (AvgIpc) is 3.31. The molecule has 12 nitrogen and oxygen atoms in total. The highest BCUT2D eigenvalue weighted by molar-refractivity contribution is 5.84. The van der Waals surface area contributed by atoms with Crippen molar-refractivity contribution in [1.29, 1.82) is 0 Å². The van der Waals surface area contributed by atoms with Gasteiger partial charge in [0.2, 0.25) is 5.76 Å². The van der Waals surface area contributed by atoms with E-state index < -0.39 is 23.4 Å². The number of hydrogen-bond acceptors (Lipinski definition) is 9. The highest BCUT2D eigenvalue weighted by atomic mass is 16.6. The van der Waals surface area contributed by atoms with Crippen molar-refractivity contribution < 1.29 is 38.2 Å². The van der Waals surface area contributed by atoms with Gasteiger partial charge in [-0.15, -0.1) is 0 Å². The Bertz CT molecular complexity index is 1220. The number of carbonyl (C=O) groups is 2. The van der Waals surface area contributed by atoms with Crippen LogP contribution in [0, 0.1) is 10.1 Å². The fraction of sp³-hybridized carbons (Fsp3) is 0.136. The number of furan rings is 1. The van der Waals surface area contributed by atoms with E-state index in [2.05, 4.69) is 10.5 Å². The van der Waals surface area contributed by atoms with Gasteiger partial charge in [0, 0.05) is 6.07 Å². The van der Waals surface area contributed by atoms with Crippen LogP contribution in [0.4, 0.5) is 5.69 Å². The van der Waals surface area contributed by atoms with Crippen LogP contribution in [0.3, 0.4) is 0 Å². The fourth-order valence-electron chi connectivity index (χ4n) is 2.69. The zero-order valence-electron chi connectivity index (χ0n) is 17.8. The lowest BCUT2D eigenvalue weighted by Crippen LogP contribution is -2.24. The van der Waals surface area contributed by atoms with E-state index in [1.165, 1.54) is 43.7 Å². The number of benzene rings is 2. The van der Waals surface area contributed by atoms with E-state index in [4.69, 9.17) is 23.7 Å². The van der Waals surface area contributed by atoms with Crippen molar-refractivity contribution in [2.24, 2.45) is 5.10 Å². The summed E-state index contributed by atoms with van der Waals surface area (Å²) in [5.41, 5.74) is 2.59. The zero-order chi connectivity index (χ0) is 24.5. The molecule has 12 heteroatoms. The molecular formula is C22H19N3O9. The van der Waals surface area contributed by atoms with Gasteiger partial charge >= 0.3 is 11.7 Å². The molecule has 0 atom stereocenters. The first kappa shape index (κ1) is 23.8. The van der Waals surface area contributed by atoms with Crippen LogP contribution in [0.25, 0.3) is 0 Å². The summed E-state index contributed by atoms with van der Waals surface area (Å²) < 4.78 is 21.2. The number of nitrogens with zero attached hydrogens (tertiary/aromatic N) is 2. The monoisotopic (exact) mass is 469 g/mol. The first-order valence-electron chi connectivity index (χ1n) is 9.68.